The average molecular weight is 444 g/mol. The molecule has 2 bridgehead atoms. The van der Waals surface area contributed by atoms with Gasteiger partial charge in [-0.2, -0.15) is 0 Å². The molecule has 4 rings (SSSR count). The highest BCUT2D eigenvalue weighted by Crippen LogP contribution is 2.46. The van der Waals surface area contributed by atoms with Crippen molar-refractivity contribution in [3.05, 3.63) is 58.1 Å². The topological polar surface area (TPSA) is 70.7 Å². The van der Waals surface area contributed by atoms with Gasteiger partial charge in [0.25, 0.3) is 5.91 Å². The first-order valence-corrected chi connectivity index (χ1v) is 10.1. The lowest BCUT2D eigenvalue weighted by Crippen LogP contribution is -2.65. The number of halogens is 1. The van der Waals surface area contributed by atoms with Crippen LogP contribution in [0, 0.1) is 0 Å². The molecule has 2 atom stereocenters. The molecule has 0 saturated carbocycles. The van der Waals surface area contributed by atoms with E-state index in [1.54, 1.807) is 23.1 Å². The second-order valence-corrected chi connectivity index (χ2v) is 8.60. The Bertz CT molecular complexity index is 962. The van der Waals surface area contributed by atoms with Crippen LogP contribution in [0.3, 0.4) is 0 Å². The third-order valence-corrected chi connectivity index (χ3v) is 5.51. The Labute approximate surface area is 172 Å². The fraction of sp³-hybridized carbons (Fsp3) is 0.333. The summed E-state index contributed by atoms with van der Waals surface area (Å²) in [6.07, 6.45) is 0.602. The number of hydrogen-bond donors (Lipinski definition) is 2. The minimum absolute atomic E-state index is 0.0326. The third kappa shape index (κ3) is 3.24. The van der Waals surface area contributed by atoms with Gasteiger partial charge in [0.15, 0.2) is 5.72 Å². The van der Waals surface area contributed by atoms with Crippen molar-refractivity contribution in [1.29, 1.82) is 0 Å². The number of ether oxygens (including phenoxy) is 1. The lowest BCUT2D eigenvalue weighted by Gasteiger charge is -2.50. The minimum Gasteiger partial charge on any atom is -0.467 e. The average Bonchev–Trinajstić information content (AvgIpc) is 2.61. The van der Waals surface area contributed by atoms with E-state index in [4.69, 9.17) is 4.74 Å². The van der Waals surface area contributed by atoms with Gasteiger partial charge in [0, 0.05) is 28.1 Å². The molecule has 1 saturated heterocycles. The molecular weight excluding hydrogens is 422 g/mol. The predicted molar refractivity (Wildman–Crippen MR) is 111 cm³/mol. The number of anilines is 1. The summed E-state index contributed by atoms with van der Waals surface area (Å²) in [5.74, 6) is 0.581. The van der Waals surface area contributed by atoms with Crippen molar-refractivity contribution in [3.8, 4) is 5.75 Å². The van der Waals surface area contributed by atoms with Crippen LogP contribution in [0.15, 0.2) is 46.9 Å². The van der Waals surface area contributed by atoms with E-state index in [2.05, 4.69) is 26.6 Å². The molecule has 0 aromatic heterocycles. The highest BCUT2D eigenvalue weighted by molar-refractivity contribution is 9.10. The van der Waals surface area contributed by atoms with Gasteiger partial charge in [-0.1, -0.05) is 22.0 Å². The first-order valence-electron chi connectivity index (χ1n) is 9.27. The summed E-state index contributed by atoms with van der Waals surface area (Å²) in [6.45, 7) is 5.73. The molecule has 6 nitrogen and oxygen atoms in total. The van der Waals surface area contributed by atoms with Crippen molar-refractivity contribution in [2.24, 2.45) is 0 Å². The second-order valence-electron chi connectivity index (χ2n) is 7.68. The molecule has 2 N–H and O–H groups in total. The normalized spacial score (nSPS) is 23.0. The van der Waals surface area contributed by atoms with Crippen LogP contribution in [0.2, 0.25) is 0 Å². The minimum atomic E-state index is -0.846. The van der Waals surface area contributed by atoms with Crippen molar-refractivity contribution in [2.75, 3.05) is 4.90 Å². The molecule has 0 aliphatic carbocycles. The van der Waals surface area contributed by atoms with Crippen molar-refractivity contribution in [3.63, 3.8) is 0 Å². The van der Waals surface area contributed by atoms with Crippen LogP contribution in [0.1, 0.15) is 49.2 Å². The molecule has 1 fully saturated rings. The predicted octanol–water partition coefficient (Wildman–Crippen LogP) is 4.36. The van der Waals surface area contributed by atoms with E-state index in [9.17, 15) is 9.59 Å². The standard InChI is InChI=1S/C21H22BrN3O3/c1-12(2)23-19(26)13-5-4-6-15(9-13)25-20(27)24-17-11-21(25,3)28-18-8-7-14(22)10-16(17)18/h4-10,12,17H,11H2,1-3H3,(H,23,26)(H,24,27). The summed E-state index contributed by atoms with van der Waals surface area (Å²) in [5.41, 5.74) is 1.24. The number of benzene rings is 2. The van der Waals surface area contributed by atoms with Gasteiger partial charge in [-0.25, -0.2) is 4.79 Å². The first-order chi connectivity index (χ1) is 13.3. The molecule has 2 unspecified atom stereocenters. The zero-order valence-electron chi connectivity index (χ0n) is 16.0. The van der Waals surface area contributed by atoms with Crippen molar-refractivity contribution in [2.45, 2.75) is 45.0 Å². The number of nitrogens with zero attached hydrogens (tertiary/aromatic N) is 1. The van der Waals surface area contributed by atoms with Gasteiger partial charge >= 0.3 is 6.03 Å². The maximum absolute atomic E-state index is 13.0. The van der Waals surface area contributed by atoms with Crippen LogP contribution < -0.4 is 20.3 Å². The lowest BCUT2D eigenvalue weighted by molar-refractivity contribution is 0.0378. The van der Waals surface area contributed by atoms with Gasteiger partial charge in [0.2, 0.25) is 0 Å². The summed E-state index contributed by atoms with van der Waals surface area (Å²) in [7, 11) is 0. The van der Waals surface area contributed by atoms with Crippen molar-refractivity contribution >= 4 is 33.6 Å². The molecule has 3 amide bonds. The maximum atomic E-state index is 13.0. The highest BCUT2D eigenvalue weighted by Gasteiger charge is 2.49. The molecule has 7 heteroatoms. The molecular formula is C21H22BrN3O3. The molecule has 2 aromatic rings. The Hall–Kier alpha value is -2.54. The summed E-state index contributed by atoms with van der Waals surface area (Å²) in [5, 5.41) is 5.95. The zero-order chi connectivity index (χ0) is 20.1. The van der Waals surface area contributed by atoms with Crippen LogP contribution >= 0.6 is 15.9 Å². The van der Waals surface area contributed by atoms with E-state index in [0.717, 1.165) is 15.8 Å². The third-order valence-electron chi connectivity index (χ3n) is 5.02. The number of carbonyl (C=O) groups is 2. The van der Waals surface area contributed by atoms with E-state index in [-0.39, 0.29) is 24.0 Å². The second kappa shape index (κ2) is 6.81. The quantitative estimate of drug-likeness (QED) is 0.740. The smallest absolute Gasteiger partial charge is 0.325 e. The molecule has 2 aromatic carbocycles. The fourth-order valence-corrected chi connectivity index (χ4v) is 4.25. The van der Waals surface area contributed by atoms with E-state index in [0.29, 0.717) is 17.7 Å². The maximum Gasteiger partial charge on any atom is 0.325 e. The highest BCUT2D eigenvalue weighted by atomic mass is 79.9. The van der Waals surface area contributed by atoms with Crippen LogP contribution in [0.5, 0.6) is 5.75 Å². The van der Waals surface area contributed by atoms with Crippen molar-refractivity contribution in [1.82, 2.24) is 10.6 Å². The van der Waals surface area contributed by atoms with Crippen LogP contribution in [0.4, 0.5) is 10.5 Å². The summed E-state index contributed by atoms with van der Waals surface area (Å²) >= 11 is 3.48. The largest absolute Gasteiger partial charge is 0.467 e. The Morgan fingerprint density at radius 3 is 2.86 bits per heavy atom. The number of urea groups is 1. The molecule has 0 spiro atoms. The first kappa shape index (κ1) is 18.8. The summed E-state index contributed by atoms with van der Waals surface area (Å²) in [4.78, 5) is 27.0. The molecule has 2 aliphatic heterocycles. The number of rotatable bonds is 3. The van der Waals surface area contributed by atoms with Crippen LogP contribution in [-0.4, -0.2) is 23.7 Å². The molecule has 0 radical (unpaired) electrons. The molecule has 2 heterocycles. The molecule has 2 aliphatic rings. The summed E-state index contributed by atoms with van der Waals surface area (Å²) < 4.78 is 7.23. The Morgan fingerprint density at radius 2 is 2.11 bits per heavy atom. The lowest BCUT2D eigenvalue weighted by atomic mass is 9.90. The van der Waals surface area contributed by atoms with Crippen LogP contribution in [-0.2, 0) is 0 Å². The Kier molecular flexibility index (Phi) is 4.57. The van der Waals surface area contributed by atoms with Gasteiger partial charge in [-0.05, 0) is 57.2 Å². The van der Waals surface area contributed by atoms with Gasteiger partial charge in [0.1, 0.15) is 5.75 Å². The summed E-state index contributed by atoms with van der Waals surface area (Å²) in [6, 6.07) is 12.5. The van der Waals surface area contributed by atoms with E-state index in [1.165, 1.54) is 0 Å². The SMILES string of the molecule is CC(C)NC(=O)c1cccc(N2C(=O)NC3CC2(C)Oc2ccc(Br)cc23)c1. The zero-order valence-corrected chi connectivity index (χ0v) is 17.5. The number of carbonyl (C=O) groups excluding carboxylic acids is 2. The monoisotopic (exact) mass is 443 g/mol. The van der Waals surface area contributed by atoms with E-state index >= 15 is 0 Å². The molecule has 28 heavy (non-hydrogen) atoms. The number of hydrogen-bond acceptors (Lipinski definition) is 3. The molecule has 146 valence electrons. The van der Waals surface area contributed by atoms with Crippen LogP contribution in [0.25, 0.3) is 0 Å². The number of nitrogens with one attached hydrogen (secondary N) is 2. The Balaban J connectivity index is 1.71. The fourth-order valence-electron chi connectivity index (χ4n) is 3.87. The van der Waals surface area contributed by atoms with Gasteiger partial charge in [-0.15, -0.1) is 0 Å². The Morgan fingerprint density at radius 1 is 1.32 bits per heavy atom. The van der Waals surface area contributed by atoms with E-state index < -0.39 is 5.72 Å². The van der Waals surface area contributed by atoms with Crippen molar-refractivity contribution < 1.29 is 14.3 Å². The van der Waals surface area contributed by atoms with Gasteiger partial charge in [-0.3, -0.25) is 9.69 Å². The number of amides is 3. The van der Waals surface area contributed by atoms with Gasteiger partial charge < -0.3 is 15.4 Å². The van der Waals surface area contributed by atoms with E-state index in [1.807, 2.05) is 45.0 Å². The van der Waals surface area contributed by atoms with Gasteiger partial charge in [0.05, 0.1) is 11.7 Å². The number of fused-ring (bicyclic) bond motifs is 4.